The molecule has 0 bridgehead atoms. The molecule has 10 nitrogen and oxygen atoms in total. The standard InChI is InChI=1S/C20H18N6O4/c1-23(12-15-13-24-10-5-4-8-19(24)21-15)20(27)16-9-11-25(22-16)14-30-18-7-3-2-6-17(18)26(28)29/h2-11,13H,12,14H2,1H3. The lowest BCUT2D eigenvalue weighted by atomic mass is 10.3. The Balaban J connectivity index is 1.40. The Bertz CT molecular complexity index is 1180. The van der Waals surface area contributed by atoms with Gasteiger partial charge in [0.1, 0.15) is 5.65 Å². The molecular weight excluding hydrogens is 388 g/mol. The molecule has 4 aromatic rings. The normalized spacial score (nSPS) is 10.8. The van der Waals surface area contributed by atoms with Crippen LogP contribution in [0.15, 0.2) is 67.1 Å². The van der Waals surface area contributed by atoms with Gasteiger partial charge in [-0.2, -0.15) is 5.10 Å². The quantitative estimate of drug-likeness (QED) is 0.345. The predicted molar refractivity (Wildman–Crippen MR) is 107 cm³/mol. The third-order valence-electron chi connectivity index (χ3n) is 4.43. The summed E-state index contributed by atoms with van der Waals surface area (Å²) in [5, 5.41) is 15.3. The molecule has 0 fully saturated rings. The van der Waals surface area contributed by atoms with Crippen LogP contribution in [0.2, 0.25) is 0 Å². The van der Waals surface area contributed by atoms with Crippen molar-refractivity contribution in [2.75, 3.05) is 7.05 Å². The van der Waals surface area contributed by atoms with Gasteiger partial charge in [-0.05, 0) is 24.3 Å². The highest BCUT2D eigenvalue weighted by atomic mass is 16.6. The van der Waals surface area contributed by atoms with Gasteiger partial charge in [-0.3, -0.25) is 14.9 Å². The monoisotopic (exact) mass is 406 g/mol. The number of amides is 1. The van der Waals surface area contributed by atoms with Gasteiger partial charge in [0.25, 0.3) is 5.91 Å². The van der Waals surface area contributed by atoms with Crippen molar-refractivity contribution in [2.45, 2.75) is 13.3 Å². The minimum absolute atomic E-state index is 0.0612. The van der Waals surface area contributed by atoms with Gasteiger partial charge in [0, 0.05) is 31.7 Å². The van der Waals surface area contributed by atoms with E-state index in [1.165, 1.54) is 21.7 Å². The number of nitrogens with zero attached hydrogens (tertiary/aromatic N) is 6. The van der Waals surface area contributed by atoms with Crippen LogP contribution in [0, 0.1) is 10.1 Å². The summed E-state index contributed by atoms with van der Waals surface area (Å²) in [6, 6.07) is 13.4. The van der Waals surface area contributed by atoms with Crippen LogP contribution in [0.1, 0.15) is 16.2 Å². The number of carbonyl (C=O) groups is 1. The first-order valence-electron chi connectivity index (χ1n) is 9.09. The number of para-hydroxylation sites is 2. The van der Waals surface area contributed by atoms with Gasteiger partial charge in [0.2, 0.25) is 0 Å². The number of nitro groups is 1. The summed E-state index contributed by atoms with van der Waals surface area (Å²) in [7, 11) is 1.68. The summed E-state index contributed by atoms with van der Waals surface area (Å²) in [5.41, 5.74) is 1.68. The highest BCUT2D eigenvalue weighted by Crippen LogP contribution is 2.26. The highest BCUT2D eigenvalue weighted by Gasteiger charge is 2.17. The van der Waals surface area contributed by atoms with Crippen molar-refractivity contribution >= 4 is 17.2 Å². The fraction of sp³-hybridized carbons (Fsp3) is 0.150. The van der Waals surface area contributed by atoms with Crippen molar-refractivity contribution in [1.82, 2.24) is 24.1 Å². The maximum Gasteiger partial charge on any atom is 0.311 e. The van der Waals surface area contributed by atoms with Crippen LogP contribution in [0.5, 0.6) is 5.75 Å². The topological polar surface area (TPSA) is 108 Å². The lowest BCUT2D eigenvalue weighted by molar-refractivity contribution is -0.386. The van der Waals surface area contributed by atoms with Gasteiger partial charge in [-0.25, -0.2) is 9.67 Å². The number of nitro benzene ring substituents is 1. The molecule has 0 spiro atoms. The zero-order valence-corrected chi connectivity index (χ0v) is 16.1. The number of benzene rings is 1. The Hall–Kier alpha value is -4.21. The lowest BCUT2D eigenvalue weighted by Gasteiger charge is -2.14. The smallest absolute Gasteiger partial charge is 0.311 e. The Morgan fingerprint density at radius 1 is 1.17 bits per heavy atom. The summed E-state index contributed by atoms with van der Waals surface area (Å²) in [4.78, 5) is 29.2. The molecule has 0 saturated heterocycles. The van der Waals surface area contributed by atoms with Crippen molar-refractivity contribution in [3.05, 3.63) is 88.6 Å². The van der Waals surface area contributed by atoms with Gasteiger partial charge in [-0.15, -0.1) is 0 Å². The third-order valence-corrected chi connectivity index (χ3v) is 4.43. The molecule has 10 heteroatoms. The van der Waals surface area contributed by atoms with Crippen molar-refractivity contribution < 1.29 is 14.5 Å². The third kappa shape index (κ3) is 3.97. The van der Waals surface area contributed by atoms with E-state index in [1.807, 2.05) is 35.0 Å². The summed E-state index contributed by atoms with van der Waals surface area (Å²) in [6.45, 7) is 0.272. The molecule has 0 aliphatic heterocycles. The Labute approximate surface area is 171 Å². The van der Waals surface area contributed by atoms with Gasteiger partial charge in [0.15, 0.2) is 18.2 Å². The number of fused-ring (bicyclic) bond motifs is 1. The van der Waals surface area contributed by atoms with Crippen LogP contribution in [0.4, 0.5) is 5.69 Å². The molecule has 3 heterocycles. The molecule has 0 saturated carbocycles. The molecule has 152 valence electrons. The van der Waals surface area contributed by atoms with Gasteiger partial charge in [0.05, 0.1) is 17.2 Å². The van der Waals surface area contributed by atoms with Crippen LogP contribution >= 0.6 is 0 Å². The number of aromatic nitrogens is 4. The van der Waals surface area contributed by atoms with E-state index in [0.29, 0.717) is 6.54 Å². The van der Waals surface area contributed by atoms with E-state index in [0.717, 1.165) is 11.3 Å². The van der Waals surface area contributed by atoms with Gasteiger partial charge >= 0.3 is 5.69 Å². The largest absolute Gasteiger partial charge is 0.464 e. The second-order valence-electron chi connectivity index (χ2n) is 6.60. The molecule has 1 aromatic carbocycles. The first-order chi connectivity index (χ1) is 14.5. The number of carbonyl (C=O) groups excluding carboxylic acids is 1. The van der Waals surface area contributed by atoms with E-state index in [4.69, 9.17) is 4.74 Å². The van der Waals surface area contributed by atoms with E-state index in [1.54, 1.807) is 31.4 Å². The molecule has 3 aromatic heterocycles. The molecule has 1 amide bonds. The average Bonchev–Trinajstić information content (AvgIpc) is 3.38. The SMILES string of the molecule is CN(Cc1cn2ccccc2n1)C(=O)c1ccn(COc2ccccc2[N+](=O)[O-])n1. The number of pyridine rings is 1. The van der Waals surface area contributed by atoms with E-state index in [9.17, 15) is 14.9 Å². The summed E-state index contributed by atoms with van der Waals surface area (Å²) in [5.74, 6) is -0.133. The van der Waals surface area contributed by atoms with Crippen LogP contribution in [-0.2, 0) is 13.3 Å². The van der Waals surface area contributed by atoms with E-state index in [2.05, 4.69) is 10.1 Å². The lowest BCUT2D eigenvalue weighted by Crippen LogP contribution is -2.27. The second-order valence-corrected chi connectivity index (χ2v) is 6.60. The van der Waals surface area contributed by atoms with Crippen LogP contribution in [-0.4, -0.2) is 41.9 Å². The molecule has 0 aliphatic carbocycles. The summed E-state index contributed by atoms with van der Waals surface area (Å²) >= 11 is 0. The number of imidazole rings is 1. The zero-order chi connectivity index (χ0) is 21.1. The summed E-state index contributed by atoms with van der Waals surface area (Å²) < 4.78 is 8.79. The summed E-state index contributed by atoms with van der Waals surface area (Å²) in [6.07, 6.45) is 5.35. The van der Waals surface area contributed by atoms with Crippen molar-refractivity contribution in [1.29, 1.82) is 0 Å². The maximum absolute atomic E-state index is 12.7. The zero-order valence-electron chi connectivity index (χ0n) is 16.1. The molecule has 30 heavy (non-hydrogen) atoms. The Kier molecular flexibility index (Phi) is 5.12. The predicted octanol–water partition coefficient (Wildman–Crippen LogP) is 2.75. The van der Waals surface area contributed by atoms with Crippen molar-refractivity contribution in [3.63, 3.8) is 0 Å². The van der Waals surface area contributed by atoms with Crippen molar-refractivity contribution in [3.8, 4) is 5.75 Å². The minimum Gasteiger partial charge on any atom is -0.464 e. The van der Waals surface area contributed by atoms with Gasteiger partial charge < -0.3 is 14.0 Å². The number of rotatable bonds is 7. The van der Waals surface area contributed by atoms with Crippen LogP contribution < -0.4 is 4.74 Å². The van der Waals surface area contributed by atoms with E-state index in [-0.39, 0.29) is 29.8 Å². The van der Waals surface area contributed by atoms with Crippen LogP contribution in [0.25, 0.3) is 5.65 Å². The minimum atomic E-state index is -0.512. The highest BCUT2D eigenvalue weighted by molar-refractivity contribution is 5.91. The second kappa shape index (κ2) is 8.03. The van der Waals surface area contributed by atoms with Crippen molar-refractivity contribution in [2.24, 2.45) is 0 Å². The molecule has 0 aliphatic rings. The first kappa shape index (κ1) is 19.1. The number of hydrogen-bond acceptors (Lipinski definition) is 6. The Morgan fingerprint density at radius 2 is 1.97 bits per heavy atom. The van der Waals surface area contributed by atoms with Crippen LogP contribution in [0.3, 0.4) is 0 Å². The average molecular weight is 406 g/mol. The van der Waals surface area contributed by atoms with E-state index >= 15 is 0 Å². The molecule has 0 N–H and O–H groups in total. The number of hydrogen-bond donors (Lipinski definition) is 0. The number of ether oxygens (including phenoxy) is 1. The van der Waals surface area contributed by atoms with E-state index < -0.39 is 4.92 Å². The molecule has 4 rings (SSSR count). The molecule has 0 atom stereocenters. The molecule has 0 radical (unpaired) electrons. The first-order valence-corrected chi connectivity index (χ1v) is 9.09. The molecular formula is C20H18N6O4. The Morgan fingerprint density at radius 3 is 2.77 bits per heavy atom. The fourth-order valence-corrected chi connectivity index (χ4v) is 2.99. The van der Waals surface area contributed by atoms with Gasteiger partial charge in [-0.1, -0.05) is 18.2 Å². The fourth-order valence-electron chi connectivity index (χ4n) is 2.99. The maximum atomic E-state index is 12.7. The molecule has 0 unspecified atom stereocenters.